The van der Waals surface area contributed by atoms with Crippen molar-refractivity contribution in [2.75, 3.05) is 27.2 Å². The molecule has 2 aromatic carbocycles. The highest BCUT2D eigenvalue weighted by Crippen LogP contribution is 2.26. The number of hydrogen-bond donors (Lipinski definition) is 0. The second-order valence-corrected chi connectivity index (χ2v) is 8.23. The van der Waals surface area contributed by atoms with Crippen molar-refractivity contribution in [3.05, 3.63) is 65.2 Å². The lowest BCUT2D eigenvalue weighted by Crippen LogP contribution is -2.45. The first-order valence-electron chi connectivity index (χ1n) is 9.65. The van der Waals surface area contributed by atoms with Crippen LogP contribution in [0.2, 0.25) is 0 Å². The Morgan fingerprint density at radius 3 is 2.48 bits per heavy atom. The maximum absolute atomic E-state index is 14.2. The predicted molar refractivity (Wildman–Crippen MR) is 112 cm³/mol. The summed E-state index contributed by atoms with van der Waals surface area (Å²) in [6.45, 7) is 1.93. The van der Waals surface area contributed by atoms with Crippen molar-refractivity contribution in [1.29, 1.82) is 0 Å². The van der Waals surface area contributed by atoms with E-state index in [1.807, 2.05) is 24.3 Å². The fourth-order valence-corrected chi connectivity index (χ4v) is 4.29. The maximum Gasteiger partial charge on any atom is 0.282 e. The van der Waals surface area contributed by atoms with Crippen molar-refractivity contribution >= 4 is 17.0 Å². The number of thioether (sulfide) groups is 1. The third-order valence-electron chi connectivity index (χ3n) is 5.24. The van der Waals surface area contributed by atoms with Crippen LogP contribution < -0.4 is 4.74 Å². The largest absolute Gasteiger partial charge is 0.497 e. The molecule has 1 saturated heterocycles. The van der Waals surface area contributed by atoms with Crippen molar-refractivity contribution in [2.24, 2.45) is 0 Å². The van der Waals surface area contributed by atoms with E-state index >= 15 is 0 Å². The average Bonchev–Trinajstić information content (AvgIpc) is 2.73. The molecule has 3 rings (SSSR count). The molecule has 0 N–H and O–H groups in total. The molecule has 0 spiro atoms. The molecule has 1 amide bonds. The second kappa shape index (κ2) is 10.1. The SMILES string of the molecule is COc1ccc(CSC(=O)N(Cc2ccc(F)cc2F)C2CCN(C)CC2)cc1. The van der Waals surface area contributed by atoms with E-state index in [2.05, 4.69) is 11.9 Å². The maximum atomic E-state index is 14.2. The number of carbonyl (C=O) groups is 1. The van der Waals surface area contributed by atoms with Gasteiger partial charge in [0.05, 0.1) is 7.11 Å². The summed E-state index contributed by atoms with van der Waals surface area (Å²) < 4.78 is 32.6. The smallest absolute Gasteiger partial charge is 0.282 e. The van der Waals surface area contributed by atoms with Crippen LogP contribution in [-0.2, 0) is 12.3 Å². The molecule has 0 unspecified atom stereocenters. The topological polar surface area (TPSA) is 32.8 Å². The van der Waals surface area contributed by atoms with Gasteiger partial charge in [-0.2, -0.15) is 0 Å². The standard InChI is InChI=1S/C22H26F2N2O2S/c1-25-11-9-19(10-12-25)26(14-17-5-6-18(23)13-21(17)24)22(27)29-15-16-3-7-20(28-2)8-4-16/h3-8,13,19H,9-12,14-15H2,1-2H3. The highest BCUT2D eigenvalue weighted by molar-refractivity contribution is 8.12. The first-order valence-corrected chi connectivity index (χ1v) is 10.6. The Morgan fingerprint density at radius 1 is 1.17 bits per heavy atom. The van der Waals surface area contributed by atoms with Crippen molar-refractivity contribution in [2.45, 2.75) is 31.2 Å². The normalized spacial score (nSPS) is 15.3. The van der Waals surface area contributed by atoms with Crippen molar-refractivity contribution < 1.29 is 18.3 Å². The molecule has 4 nitrogen and oxygen atoms in total. The Morgan fingerprint density at radius 2 is 1.86 bits per heavy atom. The molecule has 29 heavy (non-hydrogen) atoms. The fourth-order valence-electron chi connectivity index (χ4n) is 3.43. The van der Waals surface area contributed by atoms with Gasteiger partial charge in [0.25, 0.3) is 5.24 Å². The van der Waals surface area contributed by atoms with Gasteiger partial charge in [-0.3, -0.25) is 4.79 Å². The van der Waals surface area contributed by atoms with E-state index < -0.39 is 11.6 Å². The van der Waals surface area contributed by atoms with Crippen LogP contribution in [0, 0.1) is 11.6 Å². The van der Waals surface area contributed by atoms with Gasteiger partial charge in [-0.05, 0) is 56.7 Å². The third kappa shape index (κ3) is 5.93. The summed E-state index contributed by atoms with van der Waals surface area (Å²) in [5.74, 6) is 0.0655. The number of ether oxygens (including phenoxy) is 1. The molecule has 0 radical (unpaired) electrons. The van der Waals surface area contributed by atoms with E-state index in [9.17, 15) is 13.6 Å². The Labute approximate surface area is 174 Å². The first-order chi connectivity index (χ1) is 14.0. The summed E-state index contributed by atoms with van der Waals surface area (Å²) in [5, 5.41) is -0.0842. The van der Waals surface area contributed by atoms with Gasteiger partial charge in [0.2, 0.25) is 0 Å². The lowest BCUT2D eigenvalue weighted by atomic mass is 10.0. The van der Waals surface area contributed by atoms with Gasteiger partial charge in [0, 0.05) is 30.0 Å². The monoisotopic (exact) mass is 420 g/mol. The summed E-state index contributed by atoms with van der Waals surface area (Å²) in [7, 11) is 3.67. The Balaban J connectivity index is 1.71. The highest BCUT2D eigenvalue weighted by Gasteiger charge is 2.28. The van der Waals surface area contributed by atoms with Crippen LogP contribution in [0.3, 0.4) is 0 Å². The quantitative estimate of drug-likeness (QED) is 0.664. The van der Waals surface area contributed by atoms with Gasteiger partial charge in [-0.25, -0.2) is 8.78 Å². The average molecular weight is 421 g/mol. The number of methoxy groups -OCH3 is 1. The molecule has 0 saturated carbocycles. The highest BCUT2D eigenvalue weighted by atomic mass is 32.2. The molecule has 1 aliphatic rings. The van der Waals surface area contributed by atoms with Gasteiger partial charge in [-0.15, -0.1) is 0 Å². The molecule has 156 valence electrons. The van der Waals surface area contributed by atoms with E-state index in [0.717, 1.165) is 43.3 Å². The lowest BCUT2D eigenvalue weighted by molar-refractivity contribution is 0.141. The van der Waals surface area contributed by atoms with Crippen LogP contribution >= 0.6 is 11.8 Å². The lowest BCUT2D eigenvalue weighted by Gasteiger charge is -2.37. The summed E-state index contributed by atoms with van der Waals surface area (Å²) in [5.41, 5.74) is 1.35. The van der Waals surface area contributed by atoms with E-state index in [4.69, 9.17) is 4.74 Å². The predicted octanol–water partition coefficient (Wildman–Crippen LogP) is 4.92. The van der Waals surface area contributed by atoms with E-state index in [-0.39, 0.29) is 17.8 Å². The van der Waals surface area contributed by atoms with Crippen LogP contribution in [0.1, 0.15) is 24.0 Å². The minimum absolute atomic E-state index is 0.0477. The van der Waals surface area contributed by atoms with Crippen LogP contribution in [0.15, 0.2) is 42.5 Å². The molecule has 0 bridgehead atoms. The molecule has 0 aromatic heterocycles. The number of benzene rings is 2. The van der Waals surface area contributed by atoms with Crippen LogP contribution in [0.5, 0.6) is 5.75 Å². The number of amides is 1. The summed E-state index contributed by atoms with van der Waals surface area (Å²) >= 11 is 1.21. The molecule has 0 atom stereocenters. The number of carbonyl (C=O) groups excluding carboxylic acids is 1. The van der Waals surface area contributed by atoms with Crippen LogP contribution in [0.4, 0.5) is 13.6 Å². The Kier molecular flexibility index (Phi) is 7.50. The van der Waals surface area contributed by atoms with Gasteiger partial charge in [-0.1, -0.05) is 30.0 Å². The summed E-state index contributed by atoms with van der Waals surface area (Å²) in [4.78, 5) is 17.0. The van der Waals surface area contributed by atoms with Gasteiger partial charge in [0.15, 0.2) is 0 Å². The molecule has 7 heteroatoms. The molecule has 1 heterocycles. The Hall–Kier alpha value is -2.12. The van der Waals surface area contributed by atoms with Gasteiger partial charge >= 0.3 is 0 Å². The summed E-state index contributed by atoms with van der Waals surface area (Å²) in [6, 6.07) is 11.2. The van der Waals surface area contributed by atoms with E-state index in [1.165, 1.54) is 23.9 Å². The number of halogens is 2. The Bertz CT molecular complexity index is 824. The zero-order valence-electron chi connectivity index (χ0n) is 16.7. The third-order valence-corrected chi connectivity index (χ3v) is 6.20. The fraction of sp³-hybridized carbons (Fsp3) is 0.409. The zero-order valence-corrected chi connectivity index (χ0v) is 17.6. The van der Waals surface area contributed by atoms with Crippen LogP contribution in [-0.4, -0.2) is 48.3 Å². The first kappa shape index (κ1) is 21.6. The van der Waals surface area contributed by atoms with Gasteiger partial charge in [0.1, 0.15) is 17.4 Å². The van der Waals surface area contributed by atoms with Crippen molar-refractivity contribution in [1.82, 2.24) is 9.80 Å². The van der Waals surface area contributed by atoms with Gasteiger partial charge < -0.3 is 14.5 Å². The van der Waals surface area contributed by atoms with E-state index in [0.29, 0.717) is 11.3 Å². The number of rotatable bonds is 6. The molecule has 0 aliphatic carbocycles. The molecule has 1 fully saturated rings. The zero-order chi connectivity index (χ0) is 20.8. The van der Waals surface area contributed by atoms with Crippen molar-refractivity contribution in [3.8, 4) is 5.75 Å². The molecular formula is C22H26F2N2O2S. The molecule has 1 aliphatic heterocycles. The van der Waals surface area contributed by atoms with Crippen LogP contribution in [0.25, 0.3) is 0 Å². The number of nitrogens with zero attached hydrogens (tertiary/aromatic N) is 2. The summed E-state index contributed by atoms with van der Waals surface area (Å²) in [6.07, 6.45) is 1.68. The molecule has 2 aromatic rings. The van der Waals surface area contributed by atoms with E-state index in [1.54, 1.807) is 12.0 Å². The molecular weight excluding hydrogens is 394 g/mol. The van der Waals surface area contributed by atoms with Crippen molar-refractivity contribution in [3.63, 3.8) is 0 Å². The number of piperidine rings is 1. The second-order valence-electron chi connectivity index (χ2n) is 7.30. The minimum Gasteiger partial charge on any atom is -0.497 e. The number of hydrogen-bond acceptors (Lipinski definition) is 4. The number of likely N-dealkylation sites (tertiary alicyclic amines) is 1. The minimum atomic E-state index is -0.615.